The van der Waals surface area contributed by atoms with Gasteiger partial charge in [0.1, 0.15) is 5.82 Å². The van der Waals surface area contributed by atoms with Crippen molar-refractivity contribution < 1.29 is 22.4 Å². The molecular weight excluding hydrogens is 300 g/mol. The van der Waals surface area contributed by atoms with Crippen molar-refractivity contribution >= 4 is 5.91 Å². The highest BCUT2D eigenvalue weighted by Gasteiger charge is 2.36. The zero-order valence-electron chi connectivity index (χ0n) is 12.5. The molecule has 0 unspecified atom stereocenters. The molecule has 0 saturated carbocycles. The first-order chi connectivity index (χ1) is 10.2. The van der Waals surface area contributed by atoms with Crippen LogP contribution in [0.4, 0.5) is 17.6 Å². The topological polar surface area (TPSA) is 23.6 Å². The van der Waals surface area contributed by atoms with Gasteiger partial charge in [0.05, 0.1) is 6.54 Å². The van der Waals surface area contributed by atoms with E-state index >= 15 is 0 Å². The second-order valence-corrected chi connectivity index (χ2v) is 5.65. The number of carbonyl (C=O) groups is 1. The largest absolute Gasteiger partial charge is 0.401 e. The van der Waals surface area contributed by atoms with Crippen molar-refractivity contribution in [2.45, 2.75) is 26.1 Å². The van der Waals surface area contributed by atoms with Crippen molar-refractivity contribution in [3.05, 3.63) is 35.1 Å². The van der Waals surface area contributed by atoms with Crippen LogP contribution in [0.3, 0.4) is 0 Å². The Balaban J connectivity index is 2.03. The molecule has 1 aromatic carbocycles. The summed E-state index contributed by atoms with van der Waals surface area (Å²) in [4.78, 5) is 15.2. The molecule has 7 heteroatoms. The summed E-state index contributed by atoms with van der Waals surface area (Å²) in [7, 11) is 0. The molecule has 0 aliphatic carbocycles. The van der Waals surface area contributed by atoms with Gasteiger partial charge in [-0.1, -0.05) is 0 Å². The van der Waals surface area contributed by atoms with Gasteiger partial charge in [0.25, 0.3) is 5.91 Å². The smallest absolute Gasteiger partial charge is 0.336 e. The summed E-state index contributed by atoms with van der Waals surface area (Å²) in [6, 6.07) is 3.72. The molecule has 0 bridgehead atoms. The van der Waals surface area contributed by atoms with Crippen molar-refractivity contribution in [3.63, 3.8) is 0 Å². The molecule has 122 valence electrons. The normalized spacial score (nSPS) is 20.3. The molecule has 0 spiro atoms. The molecule has 22 heavy (non-hydrogen) atoms. The molecule has 1 aromatic rings. The number of rotatable bonds is 2. The average Bonchev–Trinajstić information content (AvgIpc) is 2.42. The van der Waals surface area contributed by atoms with E-state index in [2.05, 4.69) is 0 Å². The molecule has 1 aliphatic rings. The van der Waals surface area contributed by atoms with Crippen LogP contribution in [0.5, 0.6) is 0 Å². The fourth-order valence-corrected chi connectivity index (χ4v) is 2.61. The van der Waals surface area contributed by atoms with E-state index in [1.165, 1.54) is 28.0 Å². The molecule has 1 heterocycles. The van der Waals surface area contributed by atoms with Crippen molar-refractivity contribution in [2.24, 2.45) is 0 Å². The summed E-state index contributed by atoms with van der Waals surface area (Å²) in [6.07, 6.45) is -4.24. The van der Waals surface area contributed by atoms with Crippen molar-refractivity contribution in [3.8, 4) is 0 Å². The van der Waals surface area contributed by atoms with E-state index in [9.17, 15) is 22.4 Å². The molecule has 1 atom stereocenters. The second kappa shape index (κ2) is 6.24. The van der Waals surface area contributed by atoms with Crippen LogP contribution in [0.2, 0.25) is 0 Å². The number of halogens is 4. The lowest BCUT2D eigenvalue weighted by molar-refractivity contribution is -0.153. The fourth-order valence-electron chi connectivity index (χ4n) is 2.61. The van der Waals surface area contributed by atoms with Crippen LogP contribution in [0.15, 0.2) is 18.2 Å². The third kappa shape index (κ3) is 3.97. The van der Waals surface area contributed by atoms with Crippen LogP contribution in [-0.2, 0) is 0 Å². The van der Waals surface area contributed by atoms with Gasteiger partial charge in [-0.25, -0.2) is 4.39 Å². The van der Waals surface area contributed by atoms with Gasteiger partial charge in [-0.3, -0.25) is 9.69 Å². The lowest BCUT2D eigenvalue weighted by atomic mass is 10.1. The Hall–Kier alpha value is -1.63. The average molecular weight is 318 g/mol. The summed E-state index contributed by atoms with van der Waals surface area (Å²) in [5.74, 6) is -0.665. The number of hydrogen-bond donors (Lipinski definition) is 0. The second-order valence-electron chi connectivity index (χ2n) is 5.65. The van der Waals surface area contributed by atoms with E-state index in [0.29, 0.717) is 11.1 Å². The van der Waals surface area contributed by atoms with E-state index in [1.807, 2.05) is 0 Å². The number of amides is 1. The van der Waals surface area contributed by atoms with Crippen LogP contribution < -0.4 is 0 Å². The highest BCUT2D eigenvalue weighted by Crippen LogP contribution is 2.21. The van der Waals surface area contributed by atoms with Crippen LogP contribution in [0, 0.1) is 12.7 Å². The third-order valence-electron chi connectivity index (χ3n) is 3.84. The number of benzene rings is 1. The Labute approximate surface area is 126 Å². The Kier molecular flexibility index (Phi) is 4.75. The summed E-state index contributed by atoms with van der Waals surface area (Å²) < 4.78 is 50.6. The van der Waals surface area contributed by atoms with Gasteiger partial charge < -0.3 is 4.90 Å². The lowest BCUT2D eigenvalue weighted by Crippen LogP contribution is -2.55. The summed E-state index contributed by atoms with van der Waals surface area (Å²) in [6.45, 7) is 2.90. The van der Waals surface area contributed by atoms with Gasteiger partial charge in [-0.15, -0.1) is 0 Å². The van der Waals surface area contributed by atoms with Gasteiger partial charge in [0.15, 0.2) is 0 Å². The van der Waals surface area contributed by atoms with Gasteiger partial charge in [-0.05, 0) is 37.6 Å². The minimum absolute atomic E-state index is 0.173. The first-order valence-electron chi connectivity index (χ1n) is 7.03. The number of piperazine rings is 1. The molecule has 0 radical (unpaired) electrons. The standard InChI is InChI=1S/C15H18F4N2O/c1-10-7-12(3-4-13(10)16)14(22)20-5-6-21(11(2)8-20)9-15(17,18)19/h3-4,7,11H,5-6,8-9H2,1-2H3/t11-/m0/s1. The minimum atomic E-state index is -4.24. The molecule has 0 N–H and O–H groups in total. The number of alkyl halides is 3. The van der Waals surface area contributed by atoms with Crippen LogP contribution in [0.25, 0.3) is 0 Å². The quantitative estimate of drug-likeness (QED) is 0.783. The zero-order valence-corrected chi connectivity index (χ0v) is 12.5. The lowest BCUT2D eigenvalue weighted by Gasteiger charge is -2.40. The molecule has 2 rings (SSSR count). The van der Waals surface area contributed by atoms with E-state index < -0.39 is 12.7 Å². The summed E-state index contributed by atoms with van der Waals surface area (Å²) in [5, 5.41) is 0. The first-order valence-corrected chi connectivity index (χ1v) is 7.03. The Morgan fingerprint density at radius 1 is 1.32 bits per heavy atom. The molecule has 0 aromatic heterocycles. The minimum Gasteiger partial charge on any atom is -0.336 e. The number of hydrogen-bond acceptors (Lipinski definition) is 2. The highest BCUT2D eigenvalue weighted by molar-refractivity contribution is 5.94. The Morgan fingerprint density at radius 2 is 2.00 bits per heavy atom. The van der Waals surface area contributed by atoms with Crippen LogP contribution in [0.1, 0.15) is 22.8 Å². The SMILES string of the molecule is Cc1cc(C(=O)N2CCN(CC(F)(F)F)[C@@H](C)C2)ccc1F. The van der Waals surface area contributed by atoms with E-state index in [-0.39, 0.29) is 37.4 Å². The number of aryl methyl sites for hydroxylation is 1. The number of carbonyl (C=O) groups excluding carboxylic acids is 1. The van der Waals surface area contributed by atoms with Crippen molar-refractivity contribution in [2.75, 3.05) is 26.2 Å². The maximum absolute atomic E-state index is 13.2. The highest BCUT2D eigenvalue weighted by atomic mass is 19.4. The van der Waals surface area contributed by atoms with E-state index in [0.717, 1.165) is 0 Å². The van der Waals surface area contributed by atoms with Crippen LogP contribution in [-0.4, -0.2) is 54.1 Å². The monoisotopic (exact) mass is 318 g/mol. The molecule has 1 fully saturated rings. The van der Waals surface area contributed by atoms with E-state index in [4.69, 9.17) is 0 Å². The molecule has 1 saturated heterocycles. The predicted molar refractivity (Wildman–Crippen MR) is 74.1 cm³/mol. The maximum atomic E-state index is 13.2. The number of nitrogens with zero attached hydrogens (tertiary/aromatic N) is 2. The third-order valence-corrected chi connectivity index (χ3v) is 3.84. The van der Waals surface area contributed by atoms with E-state index in [1.54, 1.807) is 13.8 Å². The molecule has 3 nitrogen and oxygen atoms in total. The summed E-state index contributed by atoms with van der Waals surface area (Å²) >= 11 is 0. The Morgan fingerprint density at radius 3 is 2.55 bits per heavy atom. The van der Waals surface area contributed by atoms with Crippen molar-refractivity contribution in [1.82, 2.24) is 9.80 Å². The van der Waals surface area contributed by atoms with Gasteiger partial charge in [0, 0.05) is 31.2 Å². The Bertz CT molecular complexity index is 559. The molecular formula is C15H18F4N2O. The molecule has 1 aliphatic heterocycles. The summed E-state index contributed by atoms with van der Waals surface area (Å²) in [5.41, 5.74) is 0.727. The molecule has 1 amide bonds. The van der Waals surface area contributed by atoms with Gasteiger partial charge >= 0.3 is 6.18 Å². The zero-order chi connectivity index (χ0) is 16.5. The predicted octanol–water partition coefficient (Wildman–Crippen LogP) is 2.84. The maximum Gasteiger partial charge on any atom is 0.401 e. The van der Waals surface area contributed by atoms with Crippen LogP contribution >= 0.6 is 0 Å². The fraction of sp³-hybridized carbons (Fsp3) is 0.533. The van der Waals surface area contributed by atoms with Gasteiger partial charge in [-0.2, -0.15) is 13.2 Å². The first kappa shape index (κ1) is 16.7. The van der Waals surface area contributed by atoms with Crippen molar-refractivity contribution in [1.29, 1.82) is 0 Å². The van der Waals surface area contributed by atoms with Gasteiger partial charge in [0.2, 0.25) is 0 Å².